The molecular formula is C15H19NO4. The van der Waals surface area contributed by atoms with Crippen LogP contribution < -0.4 is 0 Å². The minimum Gasteiger partial charge on any atom is -0.478 e. The first kappa shape index (κ1) is 14.5. The number of benzene rings is 1. The first-order chi connectivity index (χ1) is 9.38. The number of nitrogens with zero attached hydrogens (tertiary/aromatic N) is 1. The third kappa shape index (κ3) is 2.99. The Bertz CT molecular complexity index is 541. The smallest absolute Gasteiger partial charge is 0.335 e. The third-order valence-corrected chi connectivity index (χ3v) is 3.44. The number of aryl methyl sites for hydroxylation is 1. The molecule has 2 atom stereocenters. The summed E-state index contributed by atoms with van der Waals surface area (Å²) in [5.74, 6) is -1.16. The fraction of sp³-hybridized carbons (Fsp3) is 0.467. The maximum absolute atomic E-state index is 12.6. The fourth-order valence-corrected chi connectivity index (χ4v) is 2.38. The number of rotatable bonds is 2. The molecule has 0 bridgehead atoms. The van der Waals surface area contributed by atoms with E-state index < -0.39 is 5.97 Å². The van der Waals surface area contributed by atoms with Gasteiger partial charge in [-0.2, -0.15) is 0 Å². The standard InChI is InChI=1S/C15H19NO4/c1-9-4-12(6-13(5-9)15(18)19)14(17)16-7-11(3)20-8-10(16)2/h4-6,10-11H,7-8H2,1-3H3,(H,18,19). The van der Waals surface area contributed by atoms with Crippen molar-refractivity contribution < 1.29 is 19.4 Å². The molecule has 0 radical (unpaired) electrons. The maximum Gasteiger partial charge on any atom is 0.335 e. The summed E-state index contributed by atoms with van der Waals surface area (Å²) < 4.78 is 5.50. The Labute approximate surface area is 118 Å². The molecule has 0 aromatic heterocycles. The van der Waals surface area contributed by atoms with Crippen LogP contribution in [0.1, 0.15) is 40.1 Å². The molecule has 5 nitrogen and oxygen atoms in total. The molecule has 20 heavy (non-hydrogen) atoms. The highest BCUT2D eigenvalue weighted by Gasteiger charge is 2.28. The van der Waals surface area contributed by atoms with Crippen LogP contribution in [0.15, 0.2) is 18.2 Å². The average molecular weight is 277 g/mol. The van der Waals surface area contributed by atoms with E-state index in [4.69, 9.17) is 9.84 Å². The van der Waals surface area contributed by atoms with Crippen LogP contribution in [0, 0.1) is 6.92 Å². The van der Waals surface area contributed by atoms with Crippen molar-refractivity contribution in [3.05, 3.63) is 34.9 Å². The van der Waals surface area contributed by atoms with Gasteiger partial charge in [-0.3, -0.25) is 4.79 Å². The van der Waals surface area contributed by atoms with Crippen LogP contribution in [-0.2, 0) is 4.74 Å². The van der Waals surface area contributed by atoms with Gasteiger partial charge in [0, 0.05) is 12.1 Å². The number of hydrogen-bond donors (Lipinski definition) is 1. The minimum atomic E-state index is -1.02. The lowest BCUT2D eigenvalue weighted by Gasteiger charge is -2.37. The van der Waals surface area contributed by atoms with Gasteiger partial charge in [-0.05, 0) is 44.5 Å². The van der Waals surface area contributed by atoms with Gasteiger partial charge in [-0.1, -0.05) is 0 Å². The predicted molar refractivity (Wildman–Crippen MR) is 74.1 cm³/mol. The van der Waals surface area contributed by atoms with Crippen LogP contribution >= 0.6 is 0 Å². The maximum atomic E-state index is 12.6. The second-order valence-electron chi connectivity index (χ2n) is 5.34. The Balaban J connectivity index is 2.30. The molecule has 0 saturated carbocycles. The van der Waals surface area contributed by atoms with Gasteiger partial charge in [-0.25, -0.2) is 4.79 Å². The van der Waals surface area contributed by atoms with E-state index in [-0.39, 0.29) is 23.6 Å². The summed E-state index contributed by atoms with van der Waals surface area (Å²) in [5.41, 5.74) is 1.33. The lowest BCUT2D eigenvalue weighted by Crippen LogP contribution is -2.50. The number of aromatic carboxylic acids is 1. The summed E-state index contributed by atoms with van der Waals surface area (Å²) in [6, 6.07) is 4.71. The van der Waals surface area contributed by atoms with Crippen molar-refractivity contribution in [2.75, 3.05) is 13.2 Å². The van der Waals surface area contributed by atoms with E-state index in [2.05, 4.69) is 0 Å². The van der Waals surface area contributed by atoms with Crippen molar-refractivity contribution in [2.45, 2.75) is 32.9 Å². The van der Waals surface area contributed by atoms with E-state index in [0.29, 0.717) is 18.7 Å². The number of amides is 1. The van der Waals surface area contributed by atoms with Crippen molar-refractivity contribution in [2.24, 2.45) is 0 Å². The second-order valence-corrected chi connectivity index (χ2v) is 5.34. The van der Waals surface area contributed by atoms with Crippen molar-refractivity contribution in [3.63, 3.8) is 0 Å². The Morgan fingerprint density at radius 2 is 1.90 bits per heavy atom. The first-order valence-electron chi connectivity index (χ1n) is 6.66. The molecule has 0 spiro atoms. The van der Waals surface area contributed by atoms with Gasteiger partial charge in [-0.15, -0.1) is 0 Å². The molecule has 1 aromatic rings. The van der Waals surface area contributed by atoms with E-state index in [1.165, 1.54) is 6.07 Å². The summed E-state index contributed by atoms with van der Waals surface area (Å²) in [7, 11) is 0. The number of ether oxygens (including phenoxy) is 1. The van der Waals surface area contributed by atoms with Crippen molar-refractivity contribution >= 4 is 11.9 Å². The third-order valence-electron chi connectivity index (χ3n) is 3.44. The summed E-state index contributed by atoms with van der Waals surface area (Å²) in [5, 5.41) is 9.07. The lowest BCUT2D eigenvalue weighted by atomic mass is 10.0. The molecular weight excluding hydrogens is 258 g/mol. The topological polar surface area (TPSA) is 66.8 Å². The Morgan fingerprint density at radius 3 is 2.55 bits per heavy atom. The van der Waals surface area contributed by atoms with E-state index in [0.717, 1.165) is 5.56 Å². The molecule has 1 N–H and O–H groups in total. The van der Waals surface area contributed by atoms with Crippen LogP contribution in [-0.4, -0.2) is 47.2 Å². The van der Waals surface area contributed by atoms with Crippen LogP contribution in [0.4, 0.5) is 0 Å². The number of carboxylic acid groups (broad SMARTS) is 1. The number of carboxylic acids is 1. The zero-order valence-electron chi connectivity index (χ0n) is 11.9. The van der Waals surface area contributed by atoms with Crippen molar-refractivity contribution in [1.82, 2.24) is 4.90 Å². The largest absolute Gasteiger partial charge is 0.478 e. The molecule has 1 saturated heterocycles. The SMILES string of the molecule is Cc1cc(C(=O)O)cc(C(=O)N2CC(C)OCC2C)c1. The number of carbonyl (C=O) groups excluding carboxylic acids is 1. The van der Waals surface area contributed by atoms with Crippen LogP contribution in [0.5, 0.6) is 0 Å². The molecule has 2 unspecified atom stereocenters. The summed E-state index contributed by atoms with van der Waals surface area (Å²) in [4.78, 5) is 25.4. The van der Waals surface area contributed by atoms with Crippen molar-refractivity contribution in [1.29, 1.82) is 0 Å². The Morgan fingerprint density at radius 1 is 1.25 bits per heavy atom. The average Bonchev–Trinajstić information content (AvgIpc) is 2.40. The summed E-state index contributed by atoms with van der Waals surface area (Å²) >= 11 is 0. The van der Waals surface area contributed by atoms with Crippen LogP contribution in [0.2, 0.25) is 0 Å². The first-order valence-corrected chi connectivity index (χ1v) is 6.66. The van der Waals surface area contributed by atoms with E-state index in [1.54, 1.807) is 24.0 Å². The Kier molecular flexibility index (Phi) is 4.09. The fourth-order valence-electron chi connectivity index (χ4n) is 2.38. The lowest BCUT2D eigenvalue weighted by molar-refractivity contribution is -0.0387. The molecule has 0 aliphatic carbocycles. The van der Waals surface area contributed by atoms with E-state index in [9.17, 15) is 9.59 Å². The zero-order valence-corrected chi connectivity index (χ0v) is 11.9. The monoisotopic (exact) mass is 277 g/mol. The summed E-state index contributed by atoms with van der Waals surface area (Å²) in [6.07, 6.45) is -0.00102. The zero-order chi connectivity index (χ0) is 14.9. The minimum absolute atomic E-state index is 0.00102. The van der Waals surface area contributed by atoms with Crippen LogP contribution in [0.25, 0.3) is 0 Å². The van der Waals surface area contributed by atoms with Gasteiger partial charge < -0.3 is 14.7 Å². The predicted octanol–water partition coefficient (Wildman–Crippen LogP) is 1.94. The number of hydrogen-bond acceptors (Lipinski definition) is 3. The molecule has 1 aromatic carbocycles. The van der Waals surface area contributed by atoms with E-state index in [1.807, 2.05) is 13.8 Å². The van der Waals surface area contributed by atoms with Gasteiger partial charge in [0.1, 0.15) is 0 Å². The Hall–Kier alpha value is -1.88. The van der Waals surface area contributed by atoms with Gasteiger partial charge in [0.05, 0.1) is 24.3 Å². The summed E-state index contributed by atoms with van der Waals surface area (Å²) in [6.45, 7) is 6.66. The van der Waals surface area contributed by atoms with E-state index >= 15 is 0 Å². The molecule has 5 heteroatoms. The molecule has 1 fully saturated rings. The highest BCUT2D eigenvalue weighted by Crippen LogP contribution is 2.18. The van der Waals surface area contributed by atoms with Gasteiger partial charge in [0.15, 0.2) is 0 Å². The highest BCUT2D eigenvalue weighted by molar-refractivity contribution is 5.98. The van der Waals surface area contributed by atoms with Gasteiger partial charge in [0.2, 0.25) is 0 Å². The highest BCUT2D eigenvalue weighted by atomic mass is 16.5. The van der Waals surface area contributed by atoms with Gasteiger partial charge in [0.25, 0.3) is 5.91 Å². The molecule has 1 amide bonds. The quantitative estimate of drug-likeness (QED) is 0.897. The van der Waals surface area contributed by atoms with Crippen molar-refractivity contribution in [3.8, 4) is 0 Å². The number of carbonyl (C=O) groups is 2. The van der Waals surface area contributed by atoms with Crippen LogP contribution in [0.3, 0.4) is 0 Å². The number of morpholine rings is 1. The second kappa shape index (κ2) is 5.63. The molecule has 1 aliphatic heterocycles. The molecule has 1 aliphatic rings. The molecule has 2 rings (SSSR count). The molecule has 1 heterocycles. The van der Waals surface area contributed by atoms with Gasteiger partial charge >= 0.3 is 5.97 Å². The molecule has 108 valence electrons. The normalized spacial score (nSPS) is 22.6.